The Hall–Kier alpha value is -2.61. The van der Waals surface area contributed by atoms with Gasteiger partial charge in [0.1, 0.15) is 6.04 Å². The van der Waals surface area contributed by atoms with Crippen LogP contribution in [0.2, 0.25) is 0 Å². The number of nitrogens with one attached hydrogen (secondary N) is 1. The summed E-state index contributed by atoms with van der Waals surface area (Å²) in [5, 5.41) is 2.74. The lowest BCUT2D eigenvalue weighted by molar-refractivity contribution is -0.163. The van der Waals surface area contributed by atoms with Gasteiger partial charge in [0.25, 0.3) is 5.91 Å². The number of anilines is 1. The zero-order valence-corrected chi connectivity index (χ0v) is 17.4. The van der Waals surface area contributed by atoms with E-state index in [9.17, 15) is 19.2 Å². The Balaban J connectivity index is 1.62. The van der Waals surface area contributed by atoms with Crippen molar-refractivity contribution in [3.05, 3.63) is 36.4 Å². The number of carbonyl (C=O) groups is 4. The summed E-state index contributed by atoms with van der Waals surface area (Å²) in [6.45, 7) is 2.91. The van der Waals surface area contributed by atoms with Crippen LogP contribution in [0.3, 0.4) is 0 Å². The van der Waals surface area contributed by atoms with E-state index >= 15 is 0 Å². The smallest absolute Gasteiger partial charge is 0.329 e. The van der Waals surface area contributed by atoms with E-state index in [2.05, 4.69) is 5.32 Å². The topological polar surface area (TPSA) is 92.8 Å². The van der Waals surface area contributed by atoms with Gasteiger partial charge >= 0.3 is 5.97 Å². The first-order valence-corrected chi connectivity index (χ1v) is 10.7. The summed E-state index contributed by atoms with van der Waals surface area (Å²) >= 11 is 1.49. The van der Waals surface area contributed by atoms with Crippen molar-refractivity contribution in [2.45, 2.75) is 43.7 Å². The quantitative estimate of drug-likeness (QED) is 0.332. The molecule has 0 aromatic heterocycles. The summed E-state index contributed by atoms with van der Waals surface area (Å²) in [7, 11) is 0. The van der Waals surface area contributed by atoms with E-state index in [0.717, 1.165) is 9.80 Å². The Labute approximate surface area is 173 Å². The average Bonchev–Trinajstić information content (AvgIpc) is 2.98. The summed E-state index contributed by atoms with van der Waals surface area (Å²) in [5.41, 5.74) is 0.627. The predicted molar refractivity (Wildman–Crippen MR) is 109 cm³/mol. The maximum Gasteiger partial charge on any atom is 0.329 e. The first-order chi connectivity index (χ1) is 13.8. The van der Waals surface area contributed by atoms with Crippen molar-refractivity contribution in [1.82, 2.24) is 4.90 Å². The number of benzene rings is 1. The molecule has 4 unspecified atom stereocenters. The molecule has 2 aliphatic rings. The number of para-hydroxylation sites is 1. The highest BCUT2D eigenvalue weighted by molar-refractivity contribution is 7.98. The number of carbonyl (C=O) groups excluding carboxylic acids is 4. The van der Waals surface area contributed by atoms with Gasteiger partial charge in [-0.1, -0.05) is 24.3 Å². The van der Waals surface area contributed by atoms with Crippen LogP contribution in [-0.2, 0) is 23.9 Å². The summed E-state index contributed by atoms with van der Waals surface area (Å²) in [5.74, 6) is -2.78. The molecule has 4 atom stereocenters. The van der Waals surface area contributed by atoms with Crippen LogP contribution in [0.4, 0.5) is 5.69 Å². The van der Waals surface area contributed by atoms with E-state index < -0.39 is 35.9 Å². The van der Waals surface area contributed by atoms with Gasteiger partial charge in [0.05, 0.1) is 17.5 Å². The number of fused-ring (bicyclic) bond motifs is 1. The molecule has 0 bridgehead atoms. The summed E-state index contributed by atoms with van der Waals surface area (Å²) in [6.07, 6.45) is 5.60. The molecule has 1 aromatic carbocycles. The van der Waals surface area contributed by atoms with Crippen LogP contribution in [0.5, 0.6) is 0 Å². The predicted octanol–water partition coefficient (Wildman–Crippen LogP) is 2.62. The Morgan fingerprint density at radius 3 is 2.28 bits per heavy atom. The highest BCUT2D eigenvalue weighted by Gasteiger charge is 2.50. The van der Waals surface area contributed by atoms with E-state index in [1.807, 2.05) is 30.5 Å². The largest absolute Gasteiger partial charge is 0.451 e. The molecule has 8 heteroatoms. The highest BCUT2D eigenvalue weighted by atomic mass is 32.2. The Kier molecular flexibility index (Phi) is 6.42. The number of imide groups is 1. The molecule has 154 valence electrons. The van der Waals surface area contributed by atoms with Crippen molar-refractivity contribution in [2.75, 3.05) is 11.6 Å². The number of ether oxygens (including phenoxy) is 1. The first-order valence-electron chi connectivity index (χ1n) is 9.51. The van der Waals surface area contributed by atoms with Gasteiger partial charge in [-0.3, -0.25) is 19.3 Å². The van der Waals surface area contributed by atoms with Crippen molar-refractivity contribution < 1.29 is 23.9 Å². The van der Waals surface area contributed by atoms with Crippen molar-refractivity contribution >= 4 is 41.1 Å². The first kappa shape index (κ1) is 21.1. The number of hydrogen-bond donors (Lipinski definition) is 1. The minimum atomic E-state index is -1.07. The van der Waals surface area contributed by atoms with Gasteiger partial charge in [-0.15, -0.1) is 11.8 Å². The molecule has 0 saturated carbocycles. The van der Waals surface area contributed by atoms with Crippen LogP contribution in [0.25, 0.3) is 0 Å². The fraction of sp³-hybridized carbons (Fsp3) is 0.429. The maximum atomic E-state index is 12.6. The van der Waals surface area contributed by atoms with Gasteiger partial charge in [-0.05, 0) is 45.1 Å². The van der Waals surface area contributed by atoms with Gasteiger partial charge in [-0.2, -0.15) is 0 Å². The summed E-state index contributed by atoms with van der Waals surface area (Å²) < 4.78 is 5.26. The van der Waals surface area contributed by atoms with Gasteiger partial charge in [0.15, 0.2) is 6.10 Å². The molecule has 0 spiro atoms. The summed E-state index contributed by atoms with van der Waals surface area (Å²) in [6, 6.07) is 6.22. The molecular formula is C21H24N2O5S. The second-order valence-corrected chi connectivity index (χ2v) is 7.99. The zero-order valence-electron chi connectivity index (χ0n) is 16.6. The third kappa shape index (κ3) is 4.22. The second kappa shape index (κ2) is 8.82. The van der Waals surface area contributed by atoms with Crippen LogP contribution >= 0.6 is 11.8 Å². The minimum Gasteiger partial charge on any atom is -0.451 e. The molecule has 0 radical (unpaired) electrons. The fourth-order valence-corrected chi connectivity index (χ4v) is 4.18. The number of esters is 1. The molecule has 1 heterocycles. The van der Waals surface area contributed by atoms with Gasteiger partial charge < -0.3 is 10.1 Å². The molecule has 3 amide bonds. The Morgan fingerprint density at radius 2 is 1.69 bits per heavy atom. The van der Waals surface area contributed by atoms with Crippen molar-refractivity contribution in [3.8, 4) is 0 Å². The molecule has 7 nitrogen and oxygen atoms in total. The standard InChI is InChI=1S/C21H24N2O5S/c1-12(23-19(25)14-8-4-5-9-15(14)20(23)26)21(27)28-13(2)18(24)22-16-10-6-7-11-17(16)29-3/h4-7,10-15H,8-9H2,1-3H3,(H,22,24). The molecule has 1 aliphatic heterocycles. The van der Waals surface area contributed by atoms with Crippen molar-refractivity contribution in [1.29, 1.82) is 0 Å². The third-order valence-corrected chi connectivity index (χ3v) is 6.09. The molecular weight excluding hydrogens is 392 g/mol. The number of thioether (sulfide) groups is 1. The van der Waals surface area contributed by atoms with Crippen LogP contribution in [-0.4, -0.2) is 47.0 Å². The van der Waals surface area contributed by atoms with Crippen molar-refractivity contribution in [3.63, 3.8) is 0 Å². The van der Waals surface area contributed by atoms with Gasteiger partial charge in [-0.25, -0.2) is 4.79 Å². The SMILES string of the molecule is CSc1ccccc1NC(=O)C(C)OC(=O)C(C)N1C(=O)C2CC=CCC2C1=O. The molecule has 3 rings (SSSR count). The van der Waals surface area contributed by atoms with Crippen molar-refractivity contribution in [2.24, 2.45) is 11.8 Å². The zero-order chi connectivity index (χ0) is 21.1. The number of rotatable bonds is 6. The van der Waals surface area contributed by atoms with E-state index in [-0.39, 0.29) is 11.8 Å². The highest BCUT2D eigenvalue weighted by Crippen LogP contribution is 2.36. The normalized spacial score (nSPS) is 22.8. The lowest BCUT2D eigenvalue weighted by atomic mass is 9.85. The molecule has 1 aliphatic carbocycles. The van der Waals surface area contributed by atoms with E-state index in [0.29, 0.717) is 18.5 Å². The molecule has 1 fully saturated rings. The van der Waals surface area contributed by atoms with E-state index in [1.54, 1.807) is 12.1 Å². The monoisotopic (exact) mass is 416 g/mol. The van der Waals surface area contributed by atoms with Crippen LogP contribution in [0, 0.1) is 11.8 Å². The third-order valence-electron chi connectivity index (χ3n) is 5.30. The minimum absolute atomic E-state index is 0.347. The summed E-state index contributed by atoms with van der Waals surface area (Å²) in [4.78, 5) is 52.1. The van der Waals surface area contributed by atoms with E-state index in [4.69, 9.17) is 4.74 Å². The molecule has 1 saturated heterocycles. The second-order valence-electron chi connectivity index (χ2n) is 7.15. The number of amides is 3. The number of hydrogen-bond acceptors (Lipinski definition) is 6. The molecule has 29 heavy (non-hydrogen) atoms. The lowest BCUT2D eigenvalue weighted by Crippen LogP contribution is -2.46. The Bertz CT molecular complexity index is 842. The van der Waals surface area contributed by atoms with Crippen LogP contribution in [0.1, 0.15) is 26.7 Å². The number of allylic oxidation sites excluding steroid dienone is 2. The molecule has 1 aromatic rings. The maximum absolute atomic E-state index is 12.6. The van der Waals surface area contributed by atoms with Crippen LogP contribution in [0.15, 0.2) is 41.3 Å². The van der Waals surface area contributed by atoms with Gasteiger partial charge in [0, 0.05) is 4.90 Å². The number of nitrogens with zero attached hydrogens (tertiary/aromatic N) is 1. The van der Waals surface area contributed by atoms with E-state index in [1.165, 1.54) is 25.6 Å². The lowest BCUT2D eigenvalue weighted by Gasteiger charge is -2.23. The Morgan fingerprint density at radius 1 is 1.10 bits per heavy atom. The molecule has 1 N–H and O–H groups in total. The van der Waals surface area contributed by atoms with Crippen LogP contribution < -0.4 is 5.32 Å². The number of likely N-dealkylation sites (tertiary alicyclic amines) is 1. The fourth-order valence-electron chi connectivity index (χ4n) is 3.62. The average molecular weight is 416 g/mol. The van der Waals surface area contributed by atoms with Gasteiger partial charge in [0.2, 0.25) is 11.8 Å².